The standard InChI is InChI=1S/C53H105NO6/c1-5-9-13-17-19-20-21-27-35-43-51(42-34-16-12-8-4)60-53(57)59-49-39-31-25-23-29-37-45-54(46-47-55)44-36-28-22-24-30-38-48-58-52(56)50(40-32-15-11-7-3)41-33-26-18-14-10-6-2/h50-51,55H,5-49H2,1-4H3. The quantitative estimate of drug-likeness (QED) is 0.0482. The van der Waals surface area contributed by atoms with Crippen LogP contribution in [0.4, 0.5) is 4.79 Å². The number of ether oxygens (including phenoxy) is 3. The van der Waals surface area contributed by atoms with Crippen molar-refractivity contribution in [3.63, 3.8) is 0 Å². The second-order valence-electron chi connectivity index (χ2n) is 18.4. The number of nitrogens with zero attached hydrogens (tertiary/aromatic N) is 1. The summed E-state index contributed by atoms with van der Waals surface area (Å²) < 4.78 is 17.1. The van der Waals surface area contributed by atoms with Crippen LogP contribution >= 0.6 is 0 Å². The largest absolute Gasteiger partial charge is 0.508 e. The Labute approximate surface area is 374 Å². The van der Waals surface area contributed by atoms with E-state index in [0.717, 1.165) is 103 Å². The van der Waals surface area contributed by atoms with Gasteiger partial charge < -0.3 is 24.2 Å². The molecule has 0 aliphatic rings. The van der Waals surface area contributed by atoms with E-state index in [2.05, 4.69) is 32.6 Å². The number of hydrogen-bond donors (Lipinski definition) is 1. The zero-order valence-electron chi connectivity index (χ0n) is 40.9. The highest BCUT2D eigenvalue weighted by molar-refractivity contribution is 5.72. The molecule has 0 aromatic rings. The van der Waals surface area contributed by atoms with E-state index in [1.165, 1.54) is 167 Å². The molecule has 60 heavy (non-hydrogen) atoms. The van der Waals surface area contributed by atoms with E-state index in [1.807, 2.05) is 0 Å². The van der Waals surface area contributed by atoms with Crippen molar-refractivity contribution < 1.29 is 28.9 Å². The zero-order valence-corrected chi connectivity index (χ0v) is 40.9. The van der Waals surface area contributed by atoms with Crippen LogP contribution in [-0.2, 0) is 19.0 Å². The number of hydrogen-bond acceptors (Lipinski definition) is 7. The number of rotatable bonds is 49. The molecular weight excluding hydrogens is 747 g/mol. The molecule has 0 radical (unpaired) electrons. The van der Waals surface area contributed by atoms with E-state index >= 15 is 0 Å². The second kappa shape index (κ2) is 48.7. The first-order chi connectivity index (χ1) is 29.5. The average Bonchev–Trinajstić information content (AvgIpc) is 3.24. The molecule has 7 nitrogen and oxygen atoms in total. The number of carbonyl (C=O) groups excluding carboxylic acids is 2. The number of esters is 1. The topological polar surface area (TPSA) is 85.3 Å². The number of aliphatic hydroxyl groups excluding tert-OH is 1. The van der Waals surface area contributed by atoms with E-state index in [0.29, 0.717) is 13.2 Å². The minimum atomic E-state index is -0.469. The average molecular weight is 852 g/mol. The van der Waals surface area contributed by atoms with Gasteiger partial charge in [-0.05, 0) is 77.3 Å². The van der Waals surface area contributed by atoms with Crippen molar-refractivity contribution in [1.29, 1.82) is 0 Å². The van der Waals surface area contributed by atoms with Crippen LogP contribution in [0.15, 0.2) is 0 Å². The minimum absolute atomic E-state index is 0.000992. The monoisotopic (exact) mass is 852 g/mol. The summed E-state index contributed by atoms with van der Waals surface area (Å²) in [5.41, 5.74) is 0. The highest BCUT2D eigenvalue weighted by atomic mass is 16.7. The summed E-state index contributed by atoms with van der Waals surface area (Å²) in [6.07, 6.45) is 46.2. The first-order valence-electron chi connectivity index (χ1n) is 26.8. The lowest BCUT2D eigenvalue weighted by Gasteiger charge is -2.21. The van der Waals surface area contributed by atoms with E-state index in [-0.39, 0.29) is 24.6 Å². The van der Waals surface area contributed by atoms with Gasteiger partial charge in [-0.1, -0.05) is 214 Å². The molecule has 358 valence electrons. The molecule has 0 aromatic carbocycles. The van der Waals surface area contributed by atoms with Crippen LogP contribution in [0.1, 0.15) is 278 Å². The smallest absolute Gasteiger partial charge is 0.465 e. The predicted molar refractivity (Wildman–Crippen MR) is 257 cm³/mol. The van der Waals surface area contributed by atoms with Gasteiger partial charge >= 0.3 is 12.1 Å². The van der Waals surface area contributed by atoms with Crippen molar-refractivity contribution in [3.8, 4) is 0 Å². The number of aliphatic hydroxyl groups is 1. The normalized spacial score (nSPS) is 12.6. The molecule has 0 heterocycles. The van der Waals surface area contributed by atoms with Crippen LogP contribution in [0.3, 0.4) is 0 Å². The van der Waals surface area contributed by atoms with Crippen molar-refractivity contribution in [2.45, 2.75) is 284 Å². The fourth-order valence-corrected chi connectivity index (χ4v) is 8.49. The van der Waals surface area contributed by atoms with Gasteiger partial charge in [-0.15, -0.1) is 0 Å². The third-order valence-corrected chi connectivity index (χ3v) is 12.5. The van der Waals surface area contributed by atoms with Gasteiger partial charge in [-0.25, -0.2) is 4.79 Å². The van der Waals surface area contributed by atoms with E-state index < -0.39 is 6.16 Å². The van der Waals surface area contributed by atoms with Crippen molar-refractivity contribution in [3.05, 3.63) is 0 Å². The maximum atomic E-state index is 12.9. The summed E-state index contributed by atoms with van der Waals surface area (Å²) in [6, 6.07) is 0. The summed E-state index contributed by atoms with van der Waals surface area (Å²) in [5, 5.41) is 9.62. The van der Waals surface area contributed by atoms with Crippen molar-refractivity contribution in [2.75, 3.05) is 39.5 Å². The molecular formula is C53H105NO6. The molecule has 0 aliphatic heterocycles. The molecule has 0 amide bonds. The van der Waals surface area contributed by atoms with E-state index in [9.17, 15) is 14.7 Å². The molecule has 0 aromatic heterocycles. The van der Waals surface area contributed by atoms with Crippen molar-refractivity contribution in [1.82, 2.24) is 4.90 Å². The van der Waals surface area contributed by atoms with Crippen molar-refractivity contribution >= 4 is 12.1 Å². The Kier molecular flexibility index (Phi) is 47.6. The van der Waals surface area contributed by atoms with E-state index in [1.54, 1.807) is 0 Å². The van der Waals surface area contributed by atoms with Crippen LogP contribution in [0.25, 0.3) is 0 Å². The Morgan fingerprint density at radius 1 is 0.400 bits per heavy atom. The number of carbonyl (C=O) groups is 2. The third-order valence-electron chi connectivity index (χ3n) is 12.5. The van der Waals surface area contributed by atoms with E-state index in [4.69, 9.17) is 14.2 Å². The molecule has 0 aliphatic carbocycles. The van der Waals surface area contributed by atoms with Gasteiger partial charge in [0.05, 0.1) is 25.7 Å². The molecule has 2 unspecified atom stereocenters. The summed E-state index contributed by atoms with van der Waals surface area (Å²) in [6.45, 7) is 13.1. The Balaban J connectivity index is 4.04. The van der Waals surface area contributed by atoms with Gasteiger partial charge in [0.15, 0.2) is 0 Å². The lowest BCUT2D eigenvalue weighted by molar-refractivity contribution is -0.149. The van der Waals surface area contributed by atoms with Crippen LogP contribution in [0.5, 0.6) is 0 Å². The van der Waals surface area contributed by atoms with Gasteiger partial charge in [0.1, 0.15) is 6.10 Å². The first-order valence-corrected chi connectivity index (χ1v) is 26.8. The van der Waals surface area contributed by atoms with Gasteiger partial charge in [-0.3, -0.25) is 4.79 Å². The fraction of sp³-hybridized carbons (Fsp3) is 0.962. The maximum absolute atomic E-state index is 12.9. The molecule has 0 saturated carbocycles. The summed E-state index contributed by atoms with van der Waals surface area (Å²) in [7, 11) is 0. The maximum Gasteiger partial charge on any atom is 0.508 e. The van der Waals surface area contributed by atoms with Crippen LogP contribution in [0, 0.1) is 5.92 Å². The highest BCUT2D eigenvalue weighted by Gasteiger charge is 2.19. The van der Waals surface area contributed by atoms with Crippen molar-refractivity contribution in [2.24, 2.45) is 5.92 Å². The Morgan fingerprint density at radius 2 is 0.733 bits per heavy atom. The first kappa shape index (κ1) is 58.7. The van der Waals surface area contributed by atoms with Crippen LogP contribution < -0.4 is 0 Å². The molecule has 0 rings (SSSR count). The van der Waals surface area contributed by atoms with Crippen LogP contribution in [-0.4, -0.2) is 67.7 Å². The molecule has 7 heteroatoms. The Hall–Kier alpha value is -1.34. The van der Waals surface area contributed by atoms with Crippen LogP contribution in [0.2, 0.25) is 0 Å². The zero-order chi connectivity index (χ0) is 43.8. The summed E-state index contributed by atoms with van der Waals surface area (Å²) in [5.74, 6) is 0.157. The van der Waals surface area contributed by atoms with Gasteiger partial charge in [0.2, 0.25) is 0 Å². The molecule has 0 bridgehead atoms. The molecule has 1 N–H and O–H groups in total. The SMILES string of the molecule is CCCCCCCCCCCC(CCCCCC)OC(=O)OCCCCCCCCN(CCO)CCCCCCCCOC(=O)C(CCCCCC)CCCCCCCC. The highest BCUT2D eigenvalue weighted by Crippen LogP contribution is 2.22. The second-order valence-corrected chi connectivity index (χ2v) is 18.4. The van der Waals surface area contributed by atoms with Gasteiger partial charge in [0, 0.05) is 6.54 Å². The molecule has 0 fully saturated rings. The lowest BCUT2D eigenvalue weighted by atomic mass is 9.94. The lowest BCUT2D eigenvalue weighted by Crippen LogP contribution is -2.29. The minimum Gasteiger partial charge on any atom is -0.465 e. The third kappa shape index (κ3) is 42.0. The van der Waals surface area contributed by atoms with Gasteiger partial charge in [-0.2, -0.15) is 0 Å². The van der Waals surface area contributed by atoms with Gasteiger partial charge in [0.25, 0.3) is 0 Å². The predicted octanol–water partition coefficient (Wildman–Crippen LogP) is 16.3. The molecule has 0 saturated heterocycles. The summed E-state index contributed by atoms with van der Waals surface area (Å²) >= 11 is 0. The molecule has 0 spiro atoms. The number of unbranched alkanes of at least 4 members (excludes halogenated alkanes) is 29. The molecule has 2 atom stereocenters. The fourth-order valence-electron chi connectivity index (χ4n) is 8.49. The Morgan fingerprint density at radius 3 is 1.15 bits per heavy atom. The summed E-state index contributed by atoms with van der Waals surface area (Å²) in [4.78, 5) is 27.8. The Bertz CT molecular complexity index is 870.